The predicted octanol–water partition coefficient (Wildman–Crippen LogP) is 6.13. The first-order valence-electron chi connectivity index (χ1n) is 10.2. The van der Waals surface area contributed by atoms with Crippen LogP contribution in [0.1, 0.15) is 21.5 Å². The van der Waals surface area contributed by atoms with E-state index in [2.05, 4.69) is 41.9 Å². The second-order valence-corrected chi connectivity index (χ2v) is 8.90. The molecule has 1 N–H and O–H groups in total. The Morgan fingerprint density at radius 1 is 1.00 bits per heavy atom. The molecule has 0 saturated carbocycles. The van der Waals surface area contributed by atoms with Crippen LogP contribution < -0.4 is 14.8 Å². The van der Waals surface area contributed by atoms with Crippen LogP contribution in [0.4, 0.5) is 5.69 Å². The van der Waals surface area contributed by atoms with Crippen molar-refractivity contribution < 1.29 is 23.8 Å². The molecule has 9 heteroatoms. The quantitative estimate of drug-likeness (QED) is 0.190. The van der Waals surface area contributed by atoms with E-state index < -0.39 is 11.9 Å². The van der Waals surface area contributed by atoms with E-state index >= 15 is 0 Å². The van der Waals surface area contributed by atoms with Crippen LogP contribution in [-0.4, -0.2) is 26.1 Å². The number of hydrogen-bond acceptors (Lipinski definition) is 6. The molecule has 0 unspecified atom stereocenters. The summed E-state index contributed by atoms with van der Waals surface area (Å²) in [6, 6.07) is 19.2. The van der Waals surface area contributed by atoms with E-state index in [1.165, 1.54) is 32.4 Å². The third-order valence-corrected chi connectivity index (χ3v) is 6.03. The SMILES string of the molecule is COC(=O)c1ccc(NC(=O)/C(C#N)=C/c2cc(OC)c(OCc3ccc(Br)cc3)cc2Br)cc1. The molecule has 3 rings (SSSR count). The highest BCUT2D eigenvalue weighted by atomic mass is 79.9. The average Bonchev–Trinajstić information content (AvgIpc) is 2.87. The van der Waals surface area contributed by atoms with Gasteiger partial charge in [-0.3, -0.25) is 4.79 Å². The Bertz CT molecular complexity index is 1300. The first-order valence-corrected chi connectivity index (χ1v) is 11.8. The fourth-order valence-corrected chi connectivity index (χ4v) is 3.69. The van der Waals surface area contributed by atoms with Gasteiger partial charge < -0.3 is 19.5 Å². The van der Waals surface area contributed by atoms with Gasteiger partial charge in [-0.05, 0) is 65.7 Å². The van der Waals surface area contributed by atoms with Crippen LogP contribution in [-0.2, 0) is 16.1 Å². The topological polar surface area (TPSA) is 97.7 Å². The third-order valence-electron chi connectivity index (χ3n) is 4.82. The molecule has 0 fully saturated rings. The molecule has 3 aromatic rings. The molecule has 7 nitrogen and oxygen atoms in total. The number of benzene rings is 3. The van der Waals surface area contributed by atoms with Crippen molar-refractivity contribution >= 4 is 55.5 Å². The first-order chi connectivity index (χ1) is 16.8. The van der Waals surface area contributed by atoms with Crippen LogP contribution in [0.15, 0.2) is 75.2 Å². The Balaban J connectivity index is 1.77. The average molecular weight is 600 g/mol. The van der Waals surface area contributed by atoms with Crippen LogP contribution in [0.25, 0.3) is 6.08 Å². The number of nitrogens with zero attached hydrogens (tertiary/aromatic N) is 1. The van der Waals surface area contributed by atoms with Crippen LogP contribution in [0, 0.1) is 11.3 Å². The highest BCUT2D eigenvalue weighted by Crippen LogP contribution is 2.35. The van der Waals surface area contributed by atoms with E-state index in [1.54, 1.807) is 24.3 Å². The summed E-state index contributed by atoms with van der Waals surface area (Å²) >= 11 is 6.88. The van der Waals surface area contributed by atoms with E-state index in [1.807, 2.05) is 30.3 Å². The Morgan fingerprint density at radius 3 is 2.29 bits per heavy atom. The minimum atomic E-state index is -0.597. The van der Waals surface area contributed by atoms with Crippen molar-refractivity contribution in [3.05, 3.63) is 91.9 Å². The van der Waals surface area contributed by atoms with Gasteiger partial charge in [0.25, 0.3) is 5.91 Å². The Hall–Kier alpha value is -3.61. The number of carbonyl (C=O) groups is 2. The maximum Gasteiger partial charge on any atom is 0.337 e. The largest absolute Gasteiger partial charge is 0.493 e. The summed E-state index contributed by atoms with van der Waals surface area (Å²) in [5.74, 6) is -0.121. The highest BCUT2D eigenvalue weighted by Gasteiger charge is 2.14. The van der Waals surface area contributed by atoms with Gasteiger partial charge in [-0.1, -0.05) is 44.0 Å². The lowest BCUT2D eigenvalue weighted by Crippen LogP contribution is -2.13. The third kappa shape index (κ3) is 6.94. The standard InChI is InChI=1S/C26H20Br2N2O5/c1-33-23-12-18(22(28)13-24(23)35-15-16-3-7-20(27)8-4-16)11-19(14-29)25(31)30-21-9-5-17(6-10-21)26(32)34-2/h3-13H,15H2,1-2H3,(H,30,31)/b19-11+. The summed E-state index contributed by atoms with van der Waals surface area (Å²) in [4.78, 5) is 24.2. The molecule has 0 atom stereocenters. The molecule has 0 aliphatic rings. The number of nitriles is 1. The number of amides is 1. The second-order valence-electron chi connectivity index (χ2n) is 7.13. The molecule has 1 amide bonds. The summed E-state index contributed by atoms with van der Waals surface area (Å²) in [6.07, 6.45) is 1.45. The lowest BCUT2D eigenvalue weighted by atomic mass is 10.1. The van der Waals surface area contributed by atoms with Crippen molar-refractivity contribution in [3.8, 4) is 17.6 Å². The van der Waals surface area contributed by atoms with Gasteiger partial charge in [0, 0.05) is 14.6 Å². The second kappa shape index (κ2) is 12.2. The molecule has 0 bridgehead atoms. The molecular weight excluding hydrogens is 580 g/mol. The van der Waals surface area contributed by atoms with Crippen LogP contribution >= 0.6 is 31.9 Å². The Morgan fingerprint density at radius 2 is 1.69 bits per heavy atom. The summed E-state index contributed by atoms with van der Waals surface area (Å²) in [6.45, 7) is 0.339. The summed E-state index contributed by atoms with van der Waals surface area (Å²) in [5.41, 5.74) is 2.20. The van der Waals surface area contributed by atoms with E-state index in [9.17, 15) is 14.9 Å². The number of carbonyl (C=O) groups excluding carboxylic acids is 2. The molecule has 0 radical (unpaired) electrons. The molecule has 178 valence electrons. The molecule has 0 saturated heterocycles. The predicted molar refractivity (Wildman–Crippen MR) is 139 cm³/mol. The van der Waals surface area contributed by atoms with Gasteiger partial charge >= 0.3 is 5.97 Å². The van der Waals surface area contributed by atoms with E-state index in [-0.39, 0.29) is 5.57 Å². The van der Waals surface area contributed by atoms with E-state index in [0.29, 0.717) is 39.4 Å². The zero-order chi connectivity index (χ0) is 25.4. The zero-order valence-electron chi connectivity index (χ0n) is 18.8. The van der Waals surface area contributed by atoms with Crippen molar-refractivity contribution in [1.82, 2.24) is 0 Å². The number of ether oxygens (including phenoxy) is 3. The Kier molecular flexibility index (Phi) is 9.06. The van der Waals surface area contributed by atoms with Crippen LogP contribution in [0.5, 0.6) is 11.5 Å². The minimum absolute atomic E-state index is 0.117. The van der Waals surface area contributed by atoms with Crippen molar-refractivity contribution in [2.75, 3.05) is 19.5 Å². The fraction of sp³-hybridized carbons (Fsp3) is 0.115. The van der Waals surface area contributed by atoms with Gasteiger partial charge in [-0.25, -0.2) is 4.79 Å². The van der Waals surface area contributed by atoms with Crippen molar-refractivity contribution in [1.29, 1.82) is 5.26 Å². The van der Waals surface area contributed by atoms with E-state index in [0.717, 1.165) is 10.0 Å². The number of anilines is 1. The number of esters is 1. The van der Waals surface area contributed by atoms with Gasteiger partial charge in [0.05, 0.1) is 19.8 Å². The fourth-order valence-electron chi connectivity index (χ4n) is 2.99. The van der Waals surface area contributed by atoms with Crippen molar-refractivity contribution in [2.24, 2.45) is 0 Å². The molecule has 0 aliphatic carbocycles. The Labute approximate surface area is 219 Å². The number of halogens is 2. The van der Waals surface area contributed by atoms with Gasteiger partial charge in [0.2, 0.25) is 0 Å². The van der Waals surface area contributed by atoms with Gasteiger partial charge in [-0.2, -0.15) is 5.26 Å². The lowest BCUT2D eigenvalue weighted by molar-refractivity contribution is -0.112. The maximum atomic E-state index is 12.7. The van der Waals surface area contributed by atoms with Crippen molar-refractivity contribution in [3.63, 3.8) is 0 Å². The molecule has 3 aromatic carbocycles. The number of nitrogens with one attached hydrogen (secondary N) is 1. The smallest absolute Gasteiger partial charge is 0.337 e. The molecule has 0 aliphatic heterocycles. The summed E-state index contributed by atoms with van der Waals surface area (Å²) in [7, 11) is 2.80. The summed E-state index contributed by atoms with van der Waals surface area (Å²) < 4.78 is 17.6. The molecule has 35 heavy (non-hydrogen) atoms. The molecule has 0 aromatic heterocycles. The van der Waals surface area contributed by atoms with Crippen LogP contribution in [0.3, 0.4) is 0 Å². The van der Waals surface area contributed by atoms with E-state index in [4.69, 9.17) is 9.47 Å². The number of rotatable bonds is 8. The first kappa shape index (κ1) is 26.0. The molecular formula is C26H20Br2N2O5. The van der Waals surface area contributed by atoms with Crippen LogP contribution in [0.2, 0.25) is 0 Å². The minimum Gasteiger partial charge on any atom is -0.493 e. The monoisotopic (exact) mass is 598 g/mol. The maximum absolute atomic E-state index is 12.7. The molecule has 0 heterocycles. The van der Waals surface area contributed by atoms with Gasteiger partial charge in [0.15, 0.2) is 11.5 Å². The molecule has 0 spiro atoms. The number of hydrogen-bond donors (Lipinski definition) is 1. The normalized spacial score (nSPS) is 10.8. The van der Waals surface area contributed by atoms with Gasteiger partial charge in [-0.15, -0.1) is 0 Å². The van der Waals surface area contributed by atoms with Gasteiger partial charge in [0.1, 0.15) is 18.2 Å². The zero-order valence-corrected chi connectivity index (χ0v) is 22.0. The summed E-state index contributed by atoms with van der Waals surface area (Å²) in [5, 5.41) is 12.2. The van der Waals surface area contributed by atoms with Crippen molar-refractivity contribution in [2.45, 2.75) is 6.61 Å². The number of methoxy groups -OCH3 is 2. The lowest BCUT2D eigenvalue weighted by Gasteiger charge is -2.13. The highest BCUT2D eigenvalue weighted by molar-refractivity contribution is 9.10.